The van der Waals surface area contributed by atoms with Crippen molar-refractivity contribution in [1.82, 2.24) is 20.5 Å². The van der Waals surface area contributed by atoms with E-state index >= 15 is 0 Å². The summed E-state index contributed by atoms with van der Waals surface area (Å²) in [6.07, 6.45) is 5.43. The molecule has 2 rings (SSSR count). The lowest BCUT2D eigenvalue weighted by Crippen LogP contribution is -2.48. The highest BCUT2D eigenvalue weighted by atomic mass is 15.2. The van der Waals surface area contributed by atoms with Gasteiger partial charge in [-0.25, -0.2) is 0 Å². The quantitative estimate of drug-likeness (QED) is 0.622. The SMILES string of the molecule is CN=C(NCCc1ccccn1)NCC(C)N1CCCC(C)C1. The van der Waals surface area contributed by atoms with E-state index in [0.29, 0.717) is 6.04 Å². The first-order valence-electron chi connectivity index (χ1n) is 8.77. The summed E-state index contributed by atoms with van der Waals surface area (Å²) in [4.78, 5) is 11.2. The third-order valence-electron chi connectivity index (χ3n) is 4.50. The van der Waals surface area contributed by atoms with Gasteiger partial charge in [0.25, 0.3) is 0 Å². The van der Waals surface area contributed by atoms with Crippen LogP contribution in [0.3, 0.4) is 0 Å². The lowest BCUT2D eigenvalue weighted by molar-refractivity contribution is 0.139. The van der Waals surface area contributed by atoms with Gasteiger partial charge in [0.2, 0.25) is 0 Å². The molecule has 1 fully saturated rings. The summed E-state index contributed by atoms with van der Waals surface area (Å²) < 4.78 is 0. The molecule has 0 radical (unpaired) electrons. The maximum Gasteiger partial charge on any atom is 0.191 e. The Morgan fingerprint density at radius 2 is 2.30 bits per heavy atom. The number of hydrogen-bond donors (Lipinski definition) is 2. The van der Waals surface area contributed by atoms with E-state index in [1.54, 1.807) is 0 Å². The molecule has 1 aromatic heterocycles. The number of guanidine groups is 1. The zero-order chi connectivity index (χ0) is 16.5. The average molecular weight is 317 g/mol. The number of aliphatic imine (C=N–C) groups is 1. The maximum atomic E-state index is 4.34. The largest absolute Gasteiger partial charge is 0.356 e. The molecular formula is C18H31N5. The predicted octanol–water partition coefficient (Wildman–Crippen LogP) is 1.91. The van der Waals surface area contributed by atoms with Crippen molar-refractivity contribution in [3.8, 4) is 0 Å². The number of aromatic nitrogens is 1. The van der Waals surface area contributed by atoms with Crippen LogP contribution in [0.2, 0.25) is 0 Å². The summed E-state index contributed by atoms with van der Waals surface area (Å²) in [6, 6.07) is 6.56. The van der Waals surface area contributed by atoms with Crippen LogP contribution in [0, 0.1) is 5.92 Å². The molecule has 0 saturated carbocycles. The minimum atomic E-state index is 0.534. The van der Waals surface area contributed by atoms with E-state index in [1.807, 2.05) is 25.4 Å². The summed E-state index contributed by atoms with van der Waals surface area (Å²) in [7, 11) is 1.82. The number of piperidine rings is 1. The van der Waals surface area contributed by atoms with Crippen molar-refractivity contribution < 1.29 is 0 Å². The van der Waals surface area contributed by atoms with Gasteiger partial charge in [-0.15, -0.1) is 0 Å². The monoisotopic (exact) mass is 317 g/mol. The molecule has 0 amide bonds. The highest BCUT2D eigenvalue weighted by Gasteiger charge is 2.20. The van der Waals surface area contributed by atoms with Crippen LogP contribution >= 0.6 is 0 Å². The van der Waals surface area contributed by atoms with Gasteiger partial charge in [-0.05, 0) is 44.4 Å². The third-order valence-corrected chi connectivity index (χ3v) is 4.50. The minimum Gasteiger partial charge on any atom is -0.356 e. The molecule has 1 aliphatic heterocycles. The molecule has 2 heterocycles. The first-order chi connectivity index (χ1) is 11.2. The molecule has 5 heteroatoms. The fraction of sp³-hybridized carbons (Fsp3) is 0.667. The molecule has 5 nitrogen and oxygen atoms in total. The molecule has 1 aliphatic rings. The Morgan fingerprint density at radius 3 is 3.00 bits per heavy atom. The minimum absolute atomic E-state index is 0.534. The number of nitrogens with one attached hydrogen (secondary N) is 2. The molecule has 2 unspecified atom stereocenters. The Balaban J connectivity index is 1.68. The zero-order valence-electron chi connectivity index (χ0n) is 14.8. The van der Waals surface area contributed by atoms with Gasteiger partial charge in [0, 0.05) is 51.0 Å². The third kappa shape index (κ3) is 6.18. The maximum absolute atomic E-state index is 4.34. The molecule has 1 aromatic rings. The Bertz CT molecular complexity index is 474. The second-order valence-electron chi connectivity index (χ2n) is 6.54. The van der Waals surface area contributed by atoms with Gasteiger partial charge in [-0.1, -0.05) is 13.0 Å². The fourth-order valence-electron chi connectivity index (χ4n) is 3.08. The van der Waals surface area contributed by atoms with E-state index in [0.717, 1.165) is 37.1 Å². The number of rotatable bonds is 6. The fourth-order valence-corrected chi connectivity index (χ4v) is 3.08. The Hall–Kier alpha value is -1.62. The average Bonchev–Trinajstić information content (AvgIpc) is 2.58. The van der Waals surface area contributed by atoms with Gasteiger partial charge >= 0.3 is 0 Å². The number of pyridine rings is 1. The van der Waals surface area contributed by atoms with E-state index in [2.05, 4.69) is 45.4 Å². The van der Waals surface area contributed by atoms with Gasteiger partial charge in [-0.3, -0.25) is 14.9 Å². The van der Waals surface area contributed by atoms with Gasteiger partial charge in [0.1, 0.15) is 0 Å². The van der Waals surface area contributed by atoms with Crippen LogP contribution in [0.5, 0.6) is 0 Å². The molecule has 0 aromatic carbocycles. The summed E-state index contributed by atoms with van der Waals surface area (Å²) in [5, 5.41) is 6.81. The van der Waals surface area contributed by atoms with Gasteiger partial charge in [0.05, 0.1) is 0 Å². The molecule has 0 spiro atoms. The summed E-state index contributed by atoms with van der Waals surface area (Å²) in [5.74, 6) is 1.69. The van der Waals surface area contributed by atoms with Crippen molar-refractivity contribution in [2.75, 3.05) is 33.2 Å². The van der Waals surface area contributed by atoms with Crippen LogP contribution in [0.25, 0.3) is 0 Å². The molecule has 2 atom stereocenters. The van der Waals surface area contributed by atoms with Crippen LogP contribution < -0.4 is 10.6 Å². The molecule has 0 aliphatic carbocycles. The Morgan fingerprint density at radius 1 is 1.43 bits per heavy atom. The summed E-state index contributed by atoms with van der Waals surface area (Å²) in [5.41, 5.74) is 1.10. The lowest BCUT2D eigenvalue weighted by Gasteiger charge is -2.35. The van der Waals surface area contributed by atoms with Crippen molar-refractivity contribution in [2.45, 2.75) is 39.2 Å². The molecule has 2 N–H and O–H groups in total. The molecule has 0 bridgehead atoms. The summed E-state index contributed by atoms with van der Waals surface area (Å²) >= 11 is 0. The second kappa shape index (κ2) is 9.50. The number of hydrogen-bond acceptors (Lipinski definition) is 3. The van der Waals surface area contributed by atoms with E-state index in [9.17, 15) is 0 Å². The van der Waals surface area contributed by atoms with Crippen molar-refractivity contribution in [2.24, 2.45) is 10.9 Å². The summed E-state index contributed by atoms with van der Waals surface area (Å²) in [6.45, 7) is 8.85. The number of likely N-dealkylation sites (tertiary alicyclic amines) is 1. The molecule has 23 heavy (non-hydrogen) atoms. The van der Waals surface area contributed by atoms with Crippen molar-refractivity contribution in [1.29, 1.82) is 0 Å². The smallest absolute Gasteiger partial charge is 0.191 e. The highest BCUT2D eigenvalue weighted by molar-refractivity contribution is 5.79. The Kier molecular flexibility index (Phi) is 7.33. The standard InChI is InChI=1S/C18H31N5/c1-15-7-6-12-23(14-15)16(2)13-22-18(19-3)21-11-9-17-8-4-5-10-20-17/h4-5,8,10,15-16H,6-7,9,11-14H2,1-3H3,(H2,19,21,22). The van der Waals surface area contributed by atoms with Gasteiger partial charge < -0.3 is 10.6 Å². The highest BCUT2D eigenvalue weighted by Crippen LogP contribution is 2.17. The second-order valence-corrected chi connectivity index (χ2v) is 6.54. The van der Waals surface area contributed by atoms with Gasteiger partial charge in [-0.2, -0.15) is 0 Å². The van der Waals surface area contributed by atoms with Crippen LogP contribution in [0.15, 0.2) is 29.4 Å². The van der Waals surface area contributed by atoms with Crippen LogP contribution in [0.1, 0.15) is 32.4 Å². The van der Waals surface area contributed by atoms with Crippen LogP contribution in [-0.2, 0) is 6.42 Å². The van der Waals surface area contributed by atoms with Gasteiger partial charge in [0.15, 0.2) is 5.96 Å². The first kappa shape index (κ1) is 17.7. The predicted molar refractivity (Wildman–Crippen MR) is 96.7 cm³/mol. The van der Waals surface area contributed by atoms with Crippen LogP contribution in [-0.4, -0.2) is 55.1 Å². The van der Waals surface area contributed by atoms with E-state index < -0.39 is 0 Å². The molecule has 128 valence electrons. The van der Waals surface area contributed by atoms with Crippen LogP contribution in [0.4, 0.5) is 0 Å². The topological polar surface area (TPSA) is 52.6 Å². The lowest BCUT2D eigenvalue weighted by atomic mass is 9.99. The van der Waals surface area contributed by atoms with E-state index in [1.165, 1.54) is 25.9 Å². The van der Waals surface area contributed by atoms with Crippen molar-refractivity contribution in [3.05, 3.63) is 30.1 Å². The van der Waals surface area contributed by atoms with Crippen molar-refractivity contribution in [3.63, 3.8) is 0 Å². The van der Waals surface area contributed by atoms with E-state index in [4.69, 9.17) is 0 Å². The number of nitrogens with zero attached hydrogens (tertiary/aromatic N) is 3. The van der Waals surface area contributed by atoms with Crippen molar-refractivity contribution >= 4 is 5.96 Å². The normalized spacial score (nSPS) is 21.0. The molecular weight excluding hydrogens is 286 g/mol. The Labute approximate surface area is 140 Å². The first-order valence-corrected chi connectivity index (χ1v) is 8.77. The zero-order valence-corrected chi connectivity index (χ0v) is 14.8. The van der Waals surface area contributed by atoms with E-state index in [-0.39, 0.29) is 0 Å². The molecule has 1 saturated heterocycles.